The lowest BCUT2D eigenvalue weighted by Gasteiger charge is -2.45. The van der Waals surface area contributed by atoms with Gasteiger partial charge in [0, 0.05) is 13.1 Å². The molecule has 4 atom stereocenters. The van der Waals surface area contributed by atoms with Crippen LogP contribution >= 0.6 is 0 Å². The average Bonchev–Trinajstić information content (AvgIpc) is 2.88. The maximum Gasteiger partial charge on any atom is 0.573 e. The van der Waals surface area contributed by atoms with Crippen LogP contribution in [0.25, 0.3) is 0 Å². The quantitative estimate of drug-likeness (QED) is 0.435. The Morgan fingerprint density at radius 2 is 1.59 bits per heavy atom. The van der Waals surface area contributed by atoms with Gasteiger partial charge in [-0.2, -0.15) is 0 Å². The zero-order chi connectivity index (χ0) is 26.2. The van der Waals surface area contributed by atoms with Gasteiger partial charge in [0.05, 0.1) is 28.4 Å². The molecule has 196 valence electrons. The first kappa shape index (κ1) is 25.4. The van der Waals surface area contributed by atoms with Crippen molar-refractivity contribution in [2.24, 2.45) is 4.36 Å². The van der Waals surface area contributed by atoms with Gasteiger partial charge in [-0.05, 0) is 67.8 Å². The van der Waals surface area contributed by atoms with E-state index in [2.05, 4.69) is 18.7 Å². The molecule has 0 aromatic heterocycles. The van der Waals surface area contributed by atoms with E-state index < -0.39 is 34.2 Å². The van der Waals surface area contributed by atoms with Gasteiger partial charge in [-0.1, -0.05) is 24.3 Å². The Morgan fingerprint density at radius 1 is 1.00 bits per heavy atom. The van der Waals surface area contributed by atoms with Crippen LogP contribution in [0.1, 0.15) is 19.3 Å². The van der Waals surface area contributed by atoms with Gasteiger partial charge in [0.2, 0.25) is 0 Å². The number of para-hydroxylation sites is 4. The number of ether oxygens (including phenoxy) is 2. The fourth-order valence-electron chi connectivity index (χ4n) is 4.91. The molecule has 0 radical (unpaired) electrons. The number of halogens is 3. The molecule has 1 fully saturated rings. The normalized spacial score (nSPS) is 22.7. The molecule has 0 spiro atoms. The van der Waals surface area contributed by atoms with Crippen molar-refractivity contribution in [3.05, 3.63) is 72.8 Å². The van der Waals surface area contributed by atoms with E-state index in [1.807, 2.05) is 48.5 Å². The summed E-state index contributed by atoms with van der Waals surface area (Å²) >= 11 is 0. The second-order valence-corrected chi connectivity index (χ2v) is 11.0. The van der Waals surface area contributed by atoms with Gasteiger partial charge in [0.25, 0.3) is 0 Å². The zero-order valence-corrected chi connectivity index (χ0v) is 20.7. The van der Waals surface area contributed by atoms with Crippen molar-refractivity contribution >= 4 is 21.3 Å². The van der Waals surface area contributed by atoms with Crippen LogP contribution in [0.3, 0.4) is 0 Å². The van der Waals surface area contributed by atoms with Gasteiger partial charge in [0.15, 0.2) is 11.5 Å². The lowest BCUT2D eigenvalue weighted by Crippen LogP contribution is -2.56. The summed E-state index contributed by atoms with van der Waals surface area (Å²) in [5, 5.41) is 11.6. The lowest BCUT2D eigenvalue weighted by molar-refractivity contribution is -0.274. The van der Waals surface area contributed by atoms with Crippen molar-refractivity contribution in [3.8, 4) is 17.2 Å². The predicted octanol–water partition coefficient (Wildman–Crippen LogP) is 5.77. The maximum atomic E-state index is 13.8. The SMILES string of the molecule is CN=S(=O)(N[C@@H]1CCC[C@H](N2c3ccccc3Oc3ccccc32)[C@@H]1O)c1ccc(OC(F)(F)F)cc1. The Bertz CT molecular complexity index is 1340. The number of anilines is 2. The number of hydrogen-bond acceptors (Lipinski definition) is 6. The molecular weight excluding hydrogens is 507 g/mol. The number of aliphatic hydroxyl groups is 1. The van der Waals surface area contributed by atoms with Crippen LogP contribution < -0.4 is 19.1 Å². The second kappa shape index (κ2) is 9.88. The van der Waals surface area contributed by atoms with Gasteiger partial charge < -0.3 is 19.5 Å². The number of benzene rings is 3. The van der Waals surface area contributed by atoms with Gasteiger partial charge >= 0.3 is 6.36 Å². The summed E-state index contributed by atoms with van der Waals surface area (Å²) in [4.78, 5) is 2.27. The van der Waals surface area contributed by atoms with E-state index in [1.165, 1.54) is 19.2 Å². The standard InChI is InChI=1S/C26H26F3N3O4S/c1-30-37(34,18-15-13-17(14-16-18)36-26(27,28)29)31-19-7-6-10-22(25(19)33)32-20-8-2-4-11-23(20)35-24-12-5-3-9-21(24)32/h2-5,8-9,11-16,19,22,25,33H,6-7,10H2,1H3,(H,30,31,34)/t19-,22+,25-,37?/m1/s1. The molecular formula is C26H26F3N3O4S. The Morgan fingerprint density at radius 3 is 2.16 bits per heavy atom. The zero-order valence-electron chi connectivity index (χ0n) is 19.9. The van der Waals surface area contributed by atoms with Crippen molar-refractivity contribution in [1.82, 2.24) is 4.72 Å². The van der Waals surface area contributed by atoms with Crippen LogP contribution in [0, 0.1) is 0 Å². The first-order valence-corrected chi connectivity index (χ1v) is 13.3. The lowest BCUT2D eigenvalue weighted by atomic mass is 9.86. The Hall–Kier alpha value is -3.28. The highest BCUT2D eigenvalue weighted by atomic mass is 32.2. The molecule has 37 heavy (non-hydrogen) atoms. The predicted molar refractivity (Wildman–Crippen MR) is 134 cm³/mol. The minimum absolute atomic E-state index is 0.195. The number of alkyl halides is 3. The molecule has 1 saturated carbocycles. The molecule has 5 rings (SSSR count). The van der Waals surface area contributed by atoms with E-state index in [0.717, 1.165) is 29.9 Å². The molecule has 7 nitrogen and oxygen atoms in total. The van der Waals surface area contributed by atoms with Gasteiger partial charge in [-0.25, -0.2) is 13.3 Å². The molecule has 0 bridgehead atoms. The molecule has 0 amide bonds. The first-order chi connectivity index (χ1) is 17.7. The maximum absolute atomic E-state index is 13.8. The molecule has 1 aliphatic carbocycles. The summed E-state index contributed by atoms with van der Waals surface area (Å²) in [6.45, 7) is 0. The molecule has 1 unspecified atom stereocenters. The molecule has 0 saturated heterocycles. The van der Waals surface area contributed by atoms with E-state index in [-0.39, 0.29) is 10.9 Å². The monoisotopic (exact) mass is 533 g/mol. The van der Waals surface area contributed by atoms with Crippen molar-refractivity contribution in [2.75, 3.05) is 11.9 Å². The van der Waals surface area contributed by atoms with E-state index in [4.69, 9.17) is 4.74 Å². The Balaban J connectivity index is 1.42. The molecule has 2 N–H and O–H groups in total. The highest BCUT2D eigenvalue weighted by molar-refractivity contribution is 7.91. The van der Waals surface area contributed by atoms with Gasteiger partial charge in [0.1, 0.15) is 15.7 Å². The third kappa shape index (κ3) is 5.11. The van der Waals surface area contributed by atoms with Crippen LogP contribution in [0.5, 0.6) is 17.2 Å². The molecule has 2 aliphatic rings. The van der Waals surface area contributed by atoms with E-state index in [9.17, 15) is 22.5 Å². The number of nitrogens with one attached hydrogen (secondary N) is 1. The van der Waals surface area contributed by atoms with Gasteiger partial charge in [-0.3, -0.25) is 0 Å². The number of hydrogen-bond donors (Lipinski definition) is 2. The fourth-order valence-corrected chi connectivity index (χ4v) is 6.54. The number of rotatable bonds is 5. The van der Waals surface area contributed by atoms with Crippen molar-refractivity contribution in [3.63, 3.8) is 0 Å². The Kier molecular flexibility index (Phi) is 6.78. The van der Waals surface area contributed by atoms with Crippen molar-refractivity contribution < 1.29 is 32.0 Å². The van der Waals surface area contributed by atoms with Gasteiger partial charge in [-0.15, -0.1) is 13.2 Å². The minimum atomic E-state index is -4.83. The number of fused-ring (bicyclic) bond motifs is 2. The number of aliphatic hydroxyl groups excluding tert-OH is 1. The molecule has 3 aromatic rings. The third-order valence-electron chi connectivity index (χ3n) is 6.57. The van der Waals surface area contributed by atoms with Crippen molar-refractivity contribution in [1.29, 1.82) is 0 Å². The molecule has 3 aromatic carbocycles. The van der Waals surface area contributed by atoms with E-state index >= 15 is 0 Å². The summed E-state index contributed by atoms with van der Waals surface area (Å²) < 4.78 is 68.4. The average molecular weight is 534 g/mol. The van der Waals surface area contributed by atoms with Crippen LogP contribution in [0.4, 0.5) is 24.5 Å². The van der Waals surface area contributed by atoms with E-state index in [1.54, 1.807) is 0 Å². The van der Waals surface area contributed by atoms with Crippen LogP contribution in [-0.4, -0.2) is 40.9 Å². The van der Waals surface area contributed by atoms with E-state index in [0.29, 0.717) is 24.3 Å². The molecule has 11 heteroatoms. The highest BCUT2D eigenvalue weighted by Crippen LogP contribution is 2.49. The minimum Gasteiger partial charge on any atom is -0.453 e. The van der Waals surface area contributed by atoms with Crippen LogP contribution in [-0.2, 0) is 9.92 Å². The third-order valence-corrected chi connectivity index (χ3v) is 8.62. The largest absolute Gasteiger partial charge is 0.573 e. The summed E-state index contributed by atoms with van der Waals surface area (Å²) in [5.41, 5.74) is 1.65. The smallest absolute Gasteiger partial charge is 0.453 e. The first-order valence-electron chi connectivity index (χ1n) is 11.8. The summed E-state index contributed by atoms with van der Waals surface area (Å²) in [6.07, 6.45) is -3.76. The van der Waals surface area contributed by atoms with Crippen LogP contribution in [0.15, 0.2) is 82.1 Å². The second-order valence-electron chi connectivity index (χ2n) is 8.85. The topological polar surface area (TPSA) is 83.4 Å². The summed E-state index contributed by atoms with van der Waals surface area (Å²) in [7, 11) is -1.87. The van der Waals surface area contributed by atoms with Crippen LogP contribution in [0.2, 0.25) is 0 Å². The van der Waals surface area contributed by atoms with Crippen molar-refractivity contribution in [2.45, 2.75) is 48.7 Å². The fraction of sp³-hybridized carbons (Fsp3) is 0.308. The molecule has 1 heterocycles. The highest BCUT2D eigenvalue weighted by Gasteiger charge is 2.40. The summed E-state index contributed by atoms with van der Waals surface area (Å²) in [6, 6.07) is 19.0. The summed E-state index contributed by atoms with van der Waals surface area (Å²) in [5.74, 6) is 0.936. The number of nitrogens with zero attached hydrogens (tertiary/aromatic N) is 2. The Labute approximate surface area is 213 Å². The molecule has 1 aliphatic heterocycles.